The van der Waals surface area contributed by atoms with E-state index in [1.807, 2.05) is 6.92 Å². The molecule has 13 heavy (non-hydrogen) atoms. The Kier molecular flexibility index (Phi) is 3.39. The molecule has 0 saturated carbocycles. The number of aryl methyl sites for hydroxylation is 1. The first kappa shape index (κ1) is 9.66. The molecule has 6 nitrogen and oxygen atoms in total. The topological polar surface area (TPSA) is 71.8 Å². The van der Waals surface area contributed by atoms with Crippen molar-refractivity contribution in [3.05, 3.63) is 6.33 Å². The van der Waals surface area contributed by atoms with E-state index in [0.29, 0.717) is 12.5 Å². The van der Waals surface area contributed by atoms with Gasteiger partial charge >= 0.3 is 0 Å². The molecule has 1 aromatic heterocycles. The van der Waals surface area contributed by atoms with Crippen LogP contribution in [0.25, 0.3) is 0 Å². The molecule has 0 fully saturated rings. The monoisotopic (exact) mass is 183 g/mol. The standard InChI is InChI=1S/C7H13N5O/c1-3-8-4-6(13)11-7-9-5-10-12(7)2/h5,8H,3-4H2,1-2H3,(H,9,10,11,13). The van der Waals surface area contributed by atoms with Crippen LogP contribution in [-0.4, -0.2) is 33.8 Å². The highest BCUT2D eigenvalue weighted by molar-refractivity contribution is 5.90. The third-order valence-corrected chi connectivity index (χ3v) is 1.50. The summed E-state index contributed by atoms with van der Waals surface area (Å²) < 4.78 is 1.50. The Balaban J connectivity index is 2.41. The summed E-state index contributed by atoms with van der Waals surface area (Å²) in [6.07, 6.45) is 1.39. The summed E-state index contributed by atoms with van der Waals surface area (Å²) >= 11 is 0. The Morgan fingerprint density at radius 2 is 2.46 bits per heavy atom. The van der Waals surface area contributed by atoms with Crippen LogP contribution in [0.1, 0.15) is 6.92 Å². The van der Waals surface area contributed by atoms with Crippen LogP contribution in [0.5, 0.6) is 0 Å². The van der Waals surface area contributed by atoms with E-state index in [4.69, 9.17) is 0 Å². The lowest BCUT2D eigenvalue weighted by molar-refractivity contribution is -0.115. The van der Waals surface area contributed by atoms with Crippen molar-refractivity contribution in [1.29, 1.82) is 0 Å². The first-order chi connectivity index (χ1) is 6.24. The number of nitrogens with one attached hydrogen (secondary N) is 2. The molecule has 1 amide bonds. The van der Waals surface area contributed by atoms with Crippen molar-refractivity contribution in [2.45, 2.75) is 6.92 Å². The van der Waals surface area contributed by atoms with Crippen LogP contribution in [0.2, 0.25) is 0 Å². The second-order valence-corrected chi connectivity index (χ2v) is 2.54. The fourth-order valence-electron chi connectivity index (χ4n) is 0.817. The van der Waals surface area contributed by atoms with E-state index in [2.05, 4.69) is 20.7 Å². The average Bonchev–Trinajstić information content (AvgIpc) is 2.48. The number of aromatic nitrogens is 3. The number of rotatable bonds is 4. The van der Waals surface area contributed by atoms with Crippen LogP contribution >= 0.6 is 0 Å². The van der Waals surface area contributed by atoms with Crippen LogP contribution in [-0.2, 0) is 11.8 Å². The smallest absolute Gasteiger partial charge is 0.240 e. The van der Waals surface area contributed by atoms with Crippen LogP contribution in [0, 0.1) is 0 Å². The molecule has 0 aromatic carbocycles. The molecule has 0 spiro atoms. The average molecular weight is 183 g/mol. The zero-order valence-corrected chi connectivity index (χ0v) is 7.74. The number of likely N-dealkylation sites (N-methyl/N-ethyl adjacent to an activating group) is 1. The van der Waals surface area contributed by atoms with Crippen LogP contribution in [0.3, 0.4) is 0 Å². The molecule has 72 valence electrons. The number of carbonyl (C=O) groups excluding carboxylic acids is 1. The number of hydrogen-bond donors (Lipinski definition) is 2. The van der Waals surface area contributed by atoms with Gasteiger partial charge in [0, 0.05) is 7.05 Å². The van der Waals surface area contributed by atoms with Gasteiger partial charge in [-0.15, -0.1) is 0 Å². The predicted molar refractivity (Wildman–Crippen MR) is 48.2 cm³/mol. The highest BCUT2D eigenvalue weighted by atomic mass is 16.2. The molecule has 0 bridgehead atoms. The maximum absolute atomic E-state index is 11.2. The molecule has 6 heteroatoms. The fourth-order valence-corrected chi connectivity index (χ4v) is 0.817. The maximum Gasteiger partial charge on any atom is 0.240 e. The van der Waals surface area contributed by atoms with Gasteiger partial charge in [-0.2, -0.15) is 10.1 Å². The number of carbonyl (C=O) groups is 1. The molecule has 0 atom stereocenters. The Labute approximate surface area is 76.3 Å². The first-order valence-electron chi connectivity index (χ1n) is 4.08. The Bertz CT molecular complexity index is 282. The molecule has 0 aliphatic heterocycles. The summed E-state index contributed by atoms with van der Waals surface area (Å²) in [6.45, 7) is 3.01. The fraction of sp³-hybridized carbons (Fsp3) is 0.571. The van der Waals surface area contributed by atoms with Gasteiger partial charge in [0.05, 0.1) is 6.54 Å². The van der Waals surface area contributed by atoms with E-state index in [0.717, 1.165) is 6.54 Å². The largest absolute Gasteiger partial charge is 0.309 e. The minimum atomic E-state index is -0.113. The van der Waals surface area contributed by atoms with Gasteiger partial charge in [0.15, 0.2) is 0 Å². The van der Waals surface area contributed by atoms with E-state index in [9.17, 15) is 4.79 Å². The molecule has 0 unspecified atom stereocenters. The van der Waals surface area contributed by atoms with Gasteiger partial charge in [0.2, 0.25) is 11.9 Å². The molecular formula is C7H13N5O. The first-order valence-corrected chi connectivity index (χ1v) is 4.08. The second kappa shape index (κ2) is 4.56. The second-order valence-electron chi connectivity index (χ2n) is 2.54. The Morgan fingerprint density at radius 3 is 3.00 bits per heavy atom. The van der Waals surface area contributed by atoms with Crippen molar-refractivity contribution in [2.75, 3.05) is 18.4 Å². The zero-order chi connectivity index (χ0) is 9.68. The van der Waals surface area contributed by atoms with Crippen molar-refractivity contribution in [2.24, 2.45) is 7.05 Å². The van der Waals surface area contributed by atoms with Crippen molar-refractivity contribution in [1.82, 2.24) is 20.1 Å². The summed E-state index contributed by atoms with van der Waals surface area (Å²) in [5.74, 6) is 0.348. The molecule has 1 heterocycles. The maximum atomic E-state index is 11.2. The molecule has 1 aromatic rings. The molecule has 0 saturated heterocycles. The number of amides is 1. The van der Waals surface area contributed by atoms with Gasteiger partial charge in [-0.1, -0.05) is 6.92 Å². The summed E-state index contributed by atoms with van der Waals surface area (Å²) in [5, 5.41) is 9.34. The summed E-state index contributed by atoms with van der Waals surface area (Å²) in [4.78, 5) is 15.0. The normalized spacial score (nSPS) is 10.0. The van der Waals surface area contributed by atoms with Gasteiger partial charge in [-0.3, -0.25) is 10.1 Å². The molecule has 0 radical (unpaired) electrons. The number of anilines is 1. The van der Waals surface area contributed by atoms with E-state index in [1.54, 1.807) is 7.05 Å². The molecule has 2 N–H and O–H groups in total. The summed E-state index contributed by atoms with van der Waals surface area (Å²) in [7, 11) is 1.72. The lowest BCUT2D eigenvalue weighted by Gasteiger charge is -2.03. The lowest BCUT2D eigenvalue weighted by atomic mass is 10.5. The van der Waals surface area contributed by atoms with Gasteiger partial charge in [-0.05, 0) is 6.54 Å². The van der Waals surface area contributed by atoms with Gasteiger partial charge in [-0.25, -0.2) is 4.68 Å². The Morgan fingerprint density at radius 1 is 1.69 bits per heavy atom. The van der Waals surface area contributed by atoms with E-state index < -0.39 is 0 Å². The highest BCUT2D eigenvalue weighted by Crippen LogP contribution is 1.96. The third kappa shape index (κ3) is 2.83. The Hall–Kier alpha value is -1.43. The SMILES string of the molecule is CCNCC(=O)Nc1ncnn1C. The predicted octanol–water partition coefficient (Wildman–Crippen LogP) is -0.637. The van der Waals surface area contributed by atoms with Crippen molar-refractivity contribution in [3.63, 3.8) is 0 Å². The molecular weight excluding hydrogens is 170 g/mol. The third-order valence-electron chi connectivity index (χ3n) is 1.50. The number of nitrogens with zero attached hydrogens (tertiary/aromatic N) is 3. The minimum Gasteiger partial charge on any atom is -0.309 e. The van der Waals surface area contributed by atoms with Crippen LogP contribution in [0.15, 0.2) is 6.33 Å². The van der Waals surface area contributed by atoms with E-state index in [-0.39, 0.29) is 5.91 Å². The highest BCUT2D eigenvalue weighted by Gasteiger charge is 2.04. The van der Waals surface area contributed by atoms with Crippen molar-refractivity contribution in [3.8, 4) is 0 Å². The van der Waals surface area contributed by atoms with Gasteiger partial charge in [0.25, 0.3) is 0 Å². The van der Waals surface area contributed by atoms with Gasteiger partial charge in [0.1, 0.15) is 6.33 Å². The molecule has 0 aliphatic rings. The summed E-state index contributed by atoms with van der Waals surface area (Å²) in [6, 6.07) is 0. The van der Waals surface area contributed by atoms with E-state index >= 15 is 0 Å². The molecule has 0 aliphatic carbocycles. The van der Waals surface area contributed by atoms with E-state index in [1.165, 1.54) is 11.0 Å². The molecule has 1 rings (SSSR count). The quantitative estimate of drug-likeness (QED) is 0.651. The van der Waals surface area contributed by atoms with Crippen LogP contribution < -0.4 is 10.6 Å². The van der Waals surface area contributed by atoms with Crippen molar-refractivity contribution < 1.29 is 4.79 Å². The minimum absolute atomic E-state index is 0.113. The number of hydrogen-bond acceptors (Lipinski definition) is 4. The van der Waals surface area contributed by atoms with Crippen molar-refractivity contribution >= 4 is 11.9 Å². The summed E-state index contributed by atoms with van der Waals surface area (Å²) in [5.41, 5.74) is 0. The lowest BCUT2D eigenvalue weighted by Crippen LogP contribution is -2.28. The van der Waals surface area contributed by atoms with Crippen LogP contribution in [0.4, 0.5) is 5.95 Å². The van der Waals surface area contributed by atoms with Gasteiger partial charge < -0.3 is 5.32 Å². The zero-order valence-electron chi connectivity index (χ0n) is 7.74.